The maximum atomic E-state index is 12.9. The van der Waals surface area contributed by atoms with Crippen LogP contribution >= 0.6 is 0 Å². The van der Waals surface area contributed by atoms with Gasteiger partial charge in [0.05, 0.1) is 0 Å². The summed E-state index contributed by atoms with van der Waals surface area (Å²) in [4.78, 5) is 29.7. The molecule has 1 heterocycles. The van der Waals surface area contributed by atoms with Gasteiger partial charge < -0.3 is 15.1 Å². The lowest BCUT2D eigenvalue weighted by Gasteiger charge is -2.36. The predicted octanol–water partition coefficient (Wildman–Crippen LogP) is 5.47. The molecule has 0 atom stereocenters. The minimum absolute atomic E-state index is 0.0848. The molecule has 2 aromatic carbocycles. The Bertz CT molecular complexity index is 946. The van der Waals surface area contributed by atoms with Gasteiger partial charge in [0, 0.05) is 49.0 Å². The van der Waals surface area contributed by atoms with Gasteiger partial charge in [-0.1, -0.05) is 52.2 Å². The zero-order valence-corrected chi connectivity index (χ0v) is 20.3. The van der Waals surface area contributed by atoms with Crippen molar-refractivity contribution >= 4 is 23.2 Å². The van der Waals surface area contributed by atoms with E-state index in [1.165, 1.54) is 12.0 Å². The van der Waals surface area contributed by atoms with Gasteiger partial charge in [-0.15, -0.1) is 0 Å². The summed E-state index contributed by atoms with van der Waals surface area (Å²) in [6, 6.07) is 16.2. The first-order valence-corrected chi connectivity index (χ1v) is 12.4. The van der Waals surface area contributed by atoms with Gasteiger partial charge >= 0.3 is 0 Å². The SMILES string of the molecule is CC(C)(C)c1ccc(C(=O)N2CCN(c3ccc(NC(=O)C4CCCCC4)cc3)CC2)cc1. The molecule has 2 amide bonds. The quantitative estimate of drug-likeness (QED) is 0.677. The van der Waals surface area contributed by atoms with Crippen molar-refractivity contribution in [2.45, 2.75) is 58.3 Å². The van der Waals surface area contributed by atoms with Crippen LogP contribution in [0.3, 0.4) is 0 Å². The molecule has 0 aromatic heterocycles. The van der Waals surface area contributed by atoms with Gasteiger partial charge in [0.2, 0.25) is 5.91 Å². The standard InChI is InChI=1S/C28H37N3O2/c1-28(2,3)23-11-9-22(10-12-23)27(33)31-19-17-30(18-20-31)25-15-13-24(14-16-25)29-26(32)21-7-5-4-6-8-21/h9-16,21H,4-8,17-20H2,1-3H3,(H,29,32). The van der Waals surface area contributed by atoms with Crippen molar-refractivity contribution in [3.8, 4) is 0 Å². The molecule has 0 unspecified atom stereocenters. The van der Waals surface area contributed by atoms with Crippen LogP contribution in [0.5, 0.6) is 0 Å². The number of anilines is 2. The number of carbonyl (C=O) groups excluding carboxylic acids is 2. The molecule has 1 aliphatic carbocycles. The summed E-state index contributed by atoms with van der Waals surface area (Å²) in [6.07, 6.45) is 5.59. The van der Waals surface area contributed by atoms with E-state index in [1.54, 1.807) is 0 Å². The second-order valence-corrected chi connectivity index (χ2v) is 10.5. The van der Waals surface area contributed by atoms with Gasteiger partial charge in [0.15, 0.2) is 0 Å². The normalized spacial score (nSPS) is 17.7. The maximum Gasteiger partial charge on any atom is 0.253 e. The predicted molar refractivity (Wildman–Crippen MR) is 135 cm³/mol. The highest BCUT2D eigenvalue weighted by atomic mass is 16.2. The van der Waals surface area contributed by atoms with Crippen molar-refractivity contribution in [1.82, 2.24) is 4.90 Å². The van der Waals surface area contributed by atoms with E-state index >= 15 is 0 Å². The molecule has 0 radical (unpaired) electrons. The molecule has 2 aliphatic rings. The van der Waals surface area contributed by atoms with Crippen LogP contribution < -0.4 is 10.2 Å². The van der Waals surface area contributed by atoms with E-state index in [9.17, 15) is 9.59 Å². The molecular weight excluding hydrogens is 410 g/mol. The van der Waals surface area contributed by atoms with E-state index in [1.807, 2.05) is 29.2 Å². The van der Waals surface area contributed by atoms with E-state index in [0.29, 0.717) is 13.1 Å². The third-order valence-electron chi connectivity index (χ3n) is 7.04. The number of hydrogen-bond donors (Lipinski definition) is 1. The molecule has 2 fully saturated rings. The second-order valence-electron chi connectivity index (χ2n) is 10.5. The Hall–Kier alpha value is -2.82. The summed E-state index contributed by atoms with van der Waals surface area (Å²) >= 11 is 0. The number of carbonyl (C=O) groups is 2. The summed E-state index contributed by atoms with van der Waals surface area (Å²) in [6.45, 7) is 9.57. The van der Waals surface area contributed by atoms with Crippen LogP contribution in [0.2, 0.25) is 0 Å². The minimum Gasteiger partial charge on any atom is -0.368 e. The third kappa shape index (κ3) is 5.76. The van der Waals surface area contributed by atoms with Gasteiger partial charge in [-0.25, -0.2) is 0 Å². The Morgan fingerprint density at radius 3 is 2.00 bits per heavy atom. The van der Waals surface area contributed by atoms with Crippen LogP contribution in [-0.4, -0.2) is 42.9 Å². The second kappa shape index (κ2) is 9.98. The van der Waals surface area contributed by atoms with Gasteiger partial charge in [-0.3, -0.25) is 9.59 Å². The largest absolute Gasteiger partial charge is 0.368 e. The molecule has 2 aromatic rings. The van der Waals surface area contributed by atoms with Crippen LogP contribution in [0.15, 0.2) is 48.5 Å². The van der Waals surface area contributed by atoms with Crippen molar-refractivity contribution in [2.24, 2.45) is 5.92 Å². The van der Waals surface area contributed by atoms with E-state index in [-0.39, 0.29) is 23.1 Å². The van der Waals surface area contributed by atoms with Gasteiger partial charge in [0.25, 0.3) is 5.91 Å². The molecule has 33 heavy (non-hydrogen) atoms. The zero-order valence-electron chi connectivity index (χ0n) is 20.3. The summed E-state index contributed by atoms with van der Waals surface area (Å²) in [7, 11) is 0. The highest BCUT2D eigenvalue weighted by Crippen LogP contribution is 2.26. The molecule has 0 spiro atoms. The lowest BCUT2D eigenvalue weighted by molar-refractivity contribution is -0.120. The Kier molecular flexibility index (Phi) is 7.06. The van der Waals surface area contributed by atoms with Crippen molar-refractivity contribution in [3.05, 3.63) is 59.7 Å². The first kappa shape index (κ1) is 23.3. The Labute approximate surface area is 198 Å². The fourth-order valence-electron chi connectivity index (χ4n) is 4.83. The van der Waals surface area contributed by atoms with Crippen molar-refractivity contribution < 1.29 is 9.59 Å². The fraction of sp³-hybridized carbons (Fsp3) is 0.500. The Morgan fingerprint density at radius 2 is 1.42 bits per heavy atom. The average Bonchev–Trinajstić information content (AvgIpc) is 2.84. The summed E-state index contributed by atoms with van der Waals surface area (Å²) in [5.74, 6) is 0.426. The van der Waals surface area contributed by atoms with Gasteiger partial charge in [-0.2, -0.15) is 0 Å². The molecule has 1 saturated carbocycles. The number of nitrogens with zero attached hydrogens (tertiary/aromatic N) is 2. The molecule has 5 heteroatoms. The number of benzene rings is 2. The third-order valence-corrected chi connectivity index (χ3v) is 7.04. The first-order valence-electron chi connectivity index (χ1n) is 12.4. The number of hydrogen-bond acceptors (Lipinski definition) is 3. The van der Waals surface area contributed by atoms with Gasteiger partial charge in [-0.05, 0) is 60.2 Å². The molecule has 1 saturated heterocycles. The van der Waals surface area contributed by atoms with E-state index in [4.69, 9.17) is 0 Å². The lowest BCUT2D eigenvalue weighted by Crippen LogP contribution is -2.48. The molecule has 5 nitrogen and oxygen atoms in total. The monoisotopic (exact) mass is 447 g/mol. The highest BCUT2D eigenvalue weighted by Gasteiger charge is 2.24. The average molecular weight is 448 g/mol. The summed E-state index contributed by atoms with van der Waals surface area (Å²) in [5.41, 5.74) is 4.08. The smallest absolute Gasteiger partial charge is 0.253 e. The summed E-state index contributed by atoms with van der Waals surface area (Å²) < 4.78 is 0. The highest BCUT2D eigenvalue weighted by molar-refractivity contribution is 5.94. The van der Waals surface area contributed by atoms with E-state index in [0.717, 1.165) is 55.7 Å². The van der Waals surface area contributed by atoms with E-state index in [2.05, 4.69) is 55.3 Å². The summed E-state index contributed by atoms with van der Waals surface area (Å²) in [5, 5.41) is 3.08. The molecule has 1 N–H and O–H groups in total. The van der Waals surface area contributed by atoms with Crippen molar-refractivity contribution in [2.75, 3.05) is 36.4 Å². The lowest BCUT2D eigenvalue weighted by atomic mass is 9.86. The maximum absolute atomic E-state index is 12.9. The molecule has 1 aliphatic heterocycles. The zero-order chi connectivity index (χ0) is 23.4. The topological polar surface area (TPSA) is 52.7 Å². The number of amides is 2. The Balaban J connectivity index is 1.29. The molecular formula is C28H37N3O2. The number of piperazine rings is 1. The van der Waals surface area contributed by atoms with Crippen LogP contribution in [0.4, 0.5) is 11.4 Å². The van der Waals surface area contributed by atoms with Crippen LogP contribution in [-0.2, 0) is 10.2 Å². The van der Waals surface area contributed by atoms with Crippen molar-refractivity contribution in [1.29, 1.82) is 0 Å². The number of nitrogens with one attached hydrogen (secondary N) is 1. The molecule has 0 bridgehead atoms. The first-order chi connectivity index (χ1) is 15.8. The fourth-order valence-corrected chi connectivity index (χ4v) is 4.83. The minimum atomic E-state index is 0.0848. The van der Waals surface area contributed by atoms with Crippen molar-refractivity contribution in [3.63, 3.8) is 0 Å². The molecule has 176 valence electrons. The van der Waals surface area contributed by atoms with Crippen LogP contribution in [0, 0.1) is 5.92 Å². The van der Waals surface area contributed by atoms with Crippen LogP contribution in [0.1, 0.15) is 68.8 Å². The van der Waals surface area contributed by atoms with E-state index < -0.39 is 0 Å². The van der Waals surface area contributed by atoms with Gasteiger partial charge in [0.1, 0.15) is 0 Å². The molecule has 4 rings (SSSR count). The van der Waals surface area contributed by atoms with Crippen LogP contribution in [0.25, 0.3) is 0 Å². The Morgan fingerprint density at radius 1 is 0.818 bits per heavy atom. The number of rotatable bonds is 4.